The van der Waals surface area contributed by atoms with E-state index in [2.05, 4.69) is 22.0 Å². The Morgan fingerprint density at radius 3 is 2.66 bits per heavy atom. The van der Waals surface area contributed by atoms with Crippen LogP contribution in [0.5, 0.6) is 0 Å². The molecule has 4 heterocycles. The minimum atomic E-state index is -0.455. The number of nitrogens with zero attached hydrogens (tertiary/aromatic N) is 5. The van der Waals surface area contributed by atoms with Gasteiger partial charge in [0.05, 0.1) is 34.0 Å². The second kappa shape index (κ2) is 7.58. The number of amides is 1. The van der Waals surface area contributed by atoms with Crippen LogP contribution >= 0.6 is 0 Å². The first-order chi connectivity index (χ1) is 18.4. The van der Waals surface area contributed by atoms with Crippen molar-refractivity contribution in [2.75, 3.05) is 18.4 Å². The van der Waals surface area contributed by atoms with Crippen LogP contribution in [-0.2, 0) is 7.05 Å². The summed E-state index contributed by atoms with van der Waals surface area (Å²) in [6.07, 6.45) is 4.30. The molecule has 0 spiro atoms. The van der Waals surface area contributed by atoms with Gasteiger partial charge in [0.1, 0.15) is 17.4 Å². The van der Waals surface area contributed by atoms with Crippen LogP contribution in [0.1, 0.15) is 47.6 Å². The number of fused-ring (bicyclic) bond motifs is 3. The summed E-state index contributed by atoms with van der Waals surface area (Å²) >= 11 is 0. The summed E-state index contributed by atoms with van der Waals surface area (Å²) in [6, 6.07) is 11.6. The van der Waals surface area contributed by atoms with Gasteiger partial charge >= 0.3 is 0 Å². The standard InChI is InChI=1S/C29H28FN7O/c1-35-27-19(30)8-18(29(38)36-13-17-6-7-21(36)24(17)32)9-20(27)34-28(35)22-10-15-4-5-16(11-31)25-26(15)37(22)23(12-33-25)14-2-3-14/h4-5,8-10,14,17,21,23-24,33H,2-3,6-7,12-13,32H2,1H3/t17-,21-,23-,24-/m1/s1. The second-order valence-electron chi connectivity index (χ2n) is 11.5. The van der Waals surface area contributed by atoms with Gasteiger partial charge < -0.3 is 25.1 Å². The smallest absolute Gasteiger partial charge is 0.254 e. The minimum Gasteiger partial charge on any atom is -0.380 e. The maximum Gasteiger partial charge on any atom is 0.254 e. The van der Waals surface area contributed by atoms with E-state index in [4.69, 9.17) is 10.7 Å². The number of rotatable bonds is 3. The van der Waals surface area contributed by atoms with E-state index in [1.54, 1.807) is 10.6 Å². The lowest BCUT2D eigenvalue weighted by Gasteiger charge is -2.29. The van der Waals surface area contributed by atoms with Gasteiger partial charge in [-0.2, -0.15) is 5.26 Å². The Balaban J connectivity index is 1.28. The maximum atomic E-state index is 15.6. The van der Waals surface area contributed by atoms with Gasteiger partial charge in [0.15, 0.2) is 5.82 Å². The van der Waals surface area contributed by atoms with Crippen LogP contribution in [0.4, 0.5) is 10.1 Å². The van der Waals surface area contributed by atoms with E-state index in [1.165, 1.54) is 18.9 Å². The van der Waals surface area contributed by atoms with Crippen LogP contribution < -0.4 is 11.1 Å². The number of nitriles is 1. The molecule has 192 valence electrons. The predicted molar refractivity (Wildman–Crippen MR) is 142 cm³/mol. The number of carbonyl (C=O) groups is 1. The lowest BCUT2D eigenvalue weighted by Crippen LogP contribution is -2.41. The van der Waals surface area contributed by atoms with E-state index in [0.29, 0.717) is 46.4 Å². The summed E-state index contributed by atoms with van der Waals surface area (Å²) in [5.41, 5.74) is 10.9. The van der Waals surface area contributed by atoms with Crippen molar-refractivity contribution in [3.8, 4) is 17.6 Å². The summed E-state index contributed by atoms with van der Waals surface area (Å²) in [4.78, 5) is 20.2. The van der Waals surface area contributed by atoms with E-state index in [9.17, 15) is 10.1 Å². The lowest BCUT2D eigenvalue weighted by molar-refractivity contribution is 0.0700. The molecule has 2 aromatic heterocycles. The third-order valence-corrected chi connectivity index (χ3v) is 9.42. The van der Waals surface area contributed by atoms with E-state index in [0.717, 1.165) is 41.7 Å². The molecule has 9 heteroatoms. The van der Waals surface area contributed by atoms with Gasteiger partial charge in [0.2, 0.25) is 0 Å². The summed E-state index contributed by atoms with van der Waals surface area (Å²) in [5.74, 6) is 0.924. The number of imidazole rings is 1. The Hall–Kier alpha value is -3.90. The molecule has 2 saturated carbocycles. The highest BCUT2D eigenvalue weighted by Crippen LogP contribution is 2.48. The SMILES string of the molecule is Cn1c(-c2cc3ccc(C#N)c4c3n2[C@@H](C2CC2)CN4)nc2cc(C(=O)N3C[C@H]4CC[C@@H]3[C@@H]4N)cc(F)c21. The van der Waals surface area contributed by atoms with Gasteiger partial charge in [-0.3, -0.25) is 4.79 Å². The van der Waals surface area contributed by atoms with E-state index in [1.807, 2.05) is 24.1 Å². The van der Waals surface area contributed by atoms with Crippen LogP contribution in [-0.4, -0.2) is 50.1 Å². The third kappa shape index (κ3) is 2.86. The summed E-state index contributed by atoms with van der Waals surface area (Å²) < 4.78 is 19.7. The normalized spacial score (nSPS) is 25.8. The molecule has 1 amide bonds. The molecule has 3 N–H and O–H groups in total. The molecule has 0 unspecified atom stereocenters. The van der Waals surface area contributed by atoms with Crippen molar-refractivity contribution in [2.24, 2.45) is 24.6 Å². The molecular formula is C29H28FN7O. The van der Waals surface area contributed by atoms with Crippen molar-refractivity contribution in [3.63, 3.8) is 0 Å². The number of hydrogen-bond donors (Lipinski definition) is 2. The Morgan fingerprint density at radius 1 is 1.13 bits per heavy atom. The quantitative estimate of drug-likeness (QED) is 0.432. The molecule has 38 heavy (non-hydrogen) atoms. The van der Waals surface area contributed by atoms with Crippen LogP contribution in [0.15, 0.2) is 30.3 Å². The topological polar surface area (TPSA) is 105 Å². The highest BCUT2D eigenvalue weighted by molar-refractivity contribution is 6.00. The van der Waals surface area contributed by atoms with Gasteiger partial charge in [-0.15, -0.1) is 0 Å². The zero-order chi connectivity index (χ0) is 25.9. The van der Waals surface area contributed by atoms with E-state index in [-0.39, 0.29) is 24.0 Å². The number of carbonyl (C=O) groups excluding carboxylic acids is 1. The van der Waals surface area contributed by atoms with E-state index >= 15 is 4.39 Å². The van der Waals surface area contributed by atoms with Gasteiger partial charge in [0.25, 0.3) is 5.91 Å². The van der Waals surface area contributed by atoms with Crippen LogP contribution in [0.3, 0.4) is 0 Å². The fourth-order valence-electron chi connectivity index (χ4n) is 7.36. The Kier molecular flexibility index (Phi) is 4.41. The first-order valence-corrected chi connectivity index (χ1v) is 13.5. The number of anilines is 1. The molecule has 3 fully saturated rings. The Labute approximate surface area is 218 Å². The number of benzene rings is 2. The number of halogens is 1. The average molecular weight is 510 g/mol. The molecule has 2 aliphatic carbocycles. The van der Waals surface area contributed by atoms with Gasteiger partial charge in [-0.1, -0.05) is 6.07 Å². The summed E-state index contributed by atoms with van der Waals surface area (Å²) in [7, 11) is 1.83. The summed E-state index contributed by atoms with van der Waals surface area (Å²) in [6.45, 7) is 1.38. The first-order valence-electron chi connectivity index (χ1n) is 13.5. The number of nitrogens with two attached hydrogens (primary N) is 1. The van der Waals surface area contributed by atoms with Crippen molar-refractivity contribution in [1.82, 2.24) is 19.0 Å². The van der Waals surface area contributed by atoms with Crippen molar-refractivity contribution in [2.45, 2.75) is 43.8 Å². The van der Waals surface area contributed by atoms with Crippen LogP contribution in [0.2, 0.25) is 0 Å². The largest absolute Gasteiger partial charge is 0.380 e. The van der Waals surface area contributed by atoms with Gasteiger partial charge in [-0.05, 0) is 61.8 Å². The molecule has 8 nitrogen and oxygen atoms in total. The highest BCUT2D eigenvalue weighted by atomic mass is 19.1. The molecule has 2 aliphatic heterocycles. The first kappa shape index (κ1) is 22.1. The summed E-state index contributed by atoms with van der Waals surface area (Å²) in [5, 5.41) is 14.2. The van der Waals surface area contributed by atoms with Gasteiger partial charge in [0, 0.05) is 43.2 Å². The number of nitrogens with one attached hydrogen (secondary N) is 1. The molecule has 1 saturated heterocycles. The number of aryl methyl sites for hydroxylation is 1. The van der Waals surface area contributed by atoms with Crippen molar-refractivity contribution in [1.29, 1.82) is 5.26 Å². The van der Waals surface area contributed by atoms with Crippen LogP contribution in [0.25, 0.3) is 33.5 Å². The van der Waals surface area contributed by atoms with Crippen LogP contribution in [0, 0.1) is 29.0 Å². The third-order valence-electron chi connectivity index (χ3n) is 9.42. The monoisotopic (exact) mass is 509 g/mol. The highest BCUT2D eigenvalue weighted by Gasteiger charge is 2.47. The molecule has 0 radical (unpaired) electrons. The van der Waals surface area contributed by atoms with Crippen molar-refractivity contribution < 1.29 is 9.18 Å². The van der Waals surface area contributed by atoms with Crippen molar-refractivity contribution >= 4 is 33.5 Å². The molecule has 4 aliphatic rings. The maximum absolute atomic E-state index is 15.6. The molecule has 4 atom stereocenters. The fraction of sp³-hybridized carbons (Fsp3) is 0.414. The molecule has 8 rings (SSSR count). The predicted octanol–water partition coefficient (Wildman–Crippen LogP) is 4.14. The van der Waals surface area contributed by atoms with E-state index < -0.39 is 5.82 Å². The lowest BCUT2D eigenvalue weighted by atomic mass is 10.1. The average Bonchev–Trinajstić information content (AvgIpc) is 3.37. The van der Waals surface area contributed by atoms with Gasteiger partial charge in [-0.25, -0.2) is 9.37 Å². The Morgan fingerprint density at radius 2 is 1.95 bits per heavy atom. The Bertz CT molecular complexity index is 1720. The number of hydrogen-bond acceptors (Lipinski definition) is 5. The zero-order valence-electron chi connectivity index (χ0n) is 21.1. The number of likely N-dealkylation sites (tertiary alicyclic amines) is 1. The molecule has 2 bridgehead atoms. The number of piperidine rings is 1. The zero-order valence-corrected chi connectivity index (χ0v) is 21.1. The molecule has 2 aromatic carbocycles. The fourth-order valence-corrected chi connectivity index (χ4v) is 7.36. The number of aromatic nitrogens is 3. The molecular weight excluding hydrogens is 481 g/mol. The second-order valence-corrected chi connectivity index (χ2v) is 11.5. The molecule has 4 aromatic rings. The minimum absolute atomic E-state index is 0.00908. The van der Waals surface area contributed by atoms with Crippen molar-refractivity contribution in [3.05, 3.63) is 47.3 Å².